The van der Waals surface area contributed by atoms with Gasteiger partial charge in [0.25, 0.3) is 0 Å². The first-order chi connectivity index (χ1) is 15.5. The van der Waals surface area contributed by atoms with Crippen LogP contribution in [0.2, 0.25) is 5.02 Å². The van der Waals surface area contributed by atoms with Crippen LogP contribution in [0, 0.1) is 11.2 Å². The molecule has 2 aliphatic heterocycles. The number of amides is 2. The second-order valence-electron chi connectivity index (χ2n) is 9.59. The van der Waals surface area contributed by atoms with E-state index < -0.39 is 18.0 Å². The maximum absolute atomic E-state index is 13.3. The van der Waals surface area contributed by atoms with Gasteiger partial charge in [-0.15, -0.1) is 0 Å². The first-order valence-electron chi connectivity index (χ1n) is 11.3. The zero-order valence-corrected chi connectivity index (χ0v) is 20.0. The largest absolute Gasteiger partial charge is 0.391 e. The summed E-state index contributed by atoms with van der Waals surface area (Å²) in [5.74, 6) is -0.859. The molecular formula is C24H33ClFN3O4. The zero-order valence-electron chi connectivity index (χ0n) is 19.2. The van der Waals surface area contributed by atoms with Crippen LogP contribution >= 0.6 is 11.6 Å². The van der Waals surface area contributed by atoms with Crippen LogP contribution in [0.4, 0.5) is 4.39 Å². The molecule has 2 N–H and O–H groups in total. The Morgan fingerprint density at radius 3 is 2.73 bits per heavy atom. The van der Waals surface area contributed by atoms with Crippen LogP contribution in [0.1, 0.15) is 32.3 Å². The molecule has 0 bridgehead atoms. The van der Waals surface area contributed by atoms with E-state index in [2.05, 4.69) is 0 Å². The van der Waals surface area contributed by atoms with Crippen molar-refractivity contribution in [3.63, 3.8) is 0 Å². The monoisotopic (exact) mass is 481 g/mol. The van der Waals surface area contributed by atoms with E-state index in [0.717, 1.165) is 13.0 Å². The number of β-amino-alcohol motifs (C(OH)–C–C–N with tert-alkyl or cyclic N) is 2. The average molecular weight is 482 g/mol. The van der Waals surface area contributed by atoms with E-state index in [1.807, 2.05) is 18.7 Å². The van der Waals surface area contributed by atoms with Gasteiger partial charge >= 0.3 is 0 Å². The summed E-state index contributed by atoms with van der Waals surface area (Å²) in [5.41, 5.74) is 0.479. The first kappa shape index (κ1) is 25.6. The molecule has 9 heteroatoms. The zero-order chi connectivity index (χ0) is 24.2. The van der Waals surface area contributed by atoms with E-state index >= 15 is 0 Å². The molecule has 0 spiro atoms. The molecule has 2 unspecified atom stereocenters. The lowest BCUT2D eigenvalue weighted by atomic mass is 9.80. The molecule has 2 fully saturated rings. The number of nitrogens with zero attached hydrogens (tertiary/aromatic N) is 3. The molecule has 2 heterocycles. The SMILES string of the molecule is CC1(C)CCN(CC(O)CN2CCN(C(=O)C=Cc3ccc(F)c(Cl)c3)CCC2=O)CC1O. The van der Waals surface area contributed by atoms with Crippen molar-refractivity contribution in [1.29, 1.82) is 0 Å². The van der Waals surface area contributed by atoms with E-state index in [1.54, 1.807) is 15.9 Å². The van der Waals surface area contributed by atoms with Crippen LogP contribution in [-0.4, -0.2) is 94.7 Å². The van der Waals surface area contributed by atoms with Crippen molar-refractivity contribution in [2.45, 2.75) is 38.9 Å². The molecular weight excluding hydrogens is 449 g/mol. The maximum Gasteiger partial charge on any atom is 0.246 e. The third-order valence-corrected chi connectivity index (χ3v) is 6.86. The van der Waals surface area contributed by atoms with Gasteiger partial charge in [-0.25, -0.2) is 4.39 Å². The number of hydrogen-bond donors (Lipinski definition) is 2. The Morgan fingerprint density at radius 2 is 2.03 bits per heavy atom. The lowest BCUT2D eigenvalue weighted by molar-refractivity contribution is -0.132. The molecule has 0 saturated carbocycles. The fourth-order valence-electron chi connectivity index (χ4n) is 4.14. The van der Waals surface area contributed by atoms with Crippen molar-refractivity contribution < 1.29 is 24.2 Å². The van der Waals surface area contributed by atoms with Crippen LogP contribution in [0.5, 0.6) is 0 Å². The summed E-state index contributed by atoms with van der Waals surface area (Å²) < 4.78 is 13.3. The minimum absolute atomic E-state index is 0.0121. The third kappa shape index (κ3) is 6.99. The van der Waals surface area contributed by atoms with Crippen LogP contribution < -0.4 is 0 Å². The van der Waals surface area contributed by atoms with Crippen LogP contribution in [0.15, 0.2) is 24.3 Å². The van der Waals surface area contributed by atoms with E-state index in [0.29, 0.717) is 38.3 Å². The van der Waals surface area contributed by atoms with Gasteiger partial charge in [-0.2, -0.15) is 0 Å². The lowest BCUT2D eigenvalue weighted by Crippen LogP contribution is -2.51. The molecule has 0 aliphatic carbocycles. The van der Waals surface area contributed by atoms with Gasteiger partial charge < -0.3 is 20.0 Å². The average Bonchev–Trinajstić information content (AvgIpc) is 2.93. The van der Waals surface area contributed by atoms with E-state index in [4.69, 9.17) is 11.6 Å². The van der Waals surface area contributed by atoms with Gasteiger partial charge in [0.1, 0.15) is 5.82 Å². The summed E-state index contributed by atoms with van der Waals surface area (Å²) in [6, 6.07) is 4.21. The van der Waals surface area contributed by atoms with Gasteiger partial charge in [0.05, 0.1) is 17.2 Å². The van der Waals surface area contributed by atoms with Gasteiger partial charge in [-0.3, -0.25) is 14.5 Å². The van der Waals surface area contributed by atoms with Crippen molar-refractivity contribution in [2.75, 3.05) is 45.8 Å². The fraction of sp³-hybridized carbons (Fsp3) is 0.583. The van der Waals surface area contributed by atoms with Crippen LogP contribution in [0.3, 0.4) is 0 Å². The third-order valence-electron chi connectivity index (χ3n) is 6.57. The topological polar surface area (TPSA) is 84.3 Å². The number of carbonyl (C=O) groups is 2. The Bertz CT molecular complexity index is 894. The number of halogens is 2. The molecule has 1 aromatic carbocycles. The number of hydrogen-bond acceptors (Lipinski definition) is 5. The summed E-state index contributed by atoms with van der Waals surface area (Å²) in [4.78, 5) is 30.4. The predicted octanol–water partition coefficient (Wildman–Crippen LogP) is 2.01. The summed E-state index contributed by atoms with van der Waals surface area (Å²) in [7, 11) is 0. The molecule has 2 saturated heterocycles. The minimum atomic E-state index is -0.729. The summed E-state index contributed by atoms with van der Waals surface area (Å²) in [5, 5.41) is 20.8. The molecule has 182 valence electrons. The Hall–Kier alpha value is -2.00. The number of aliphatic hydroxyl groups excluding tert-OH is 2. The fourth-order valence-corrected chi connectivity index (χ4v) is 4.33. The molecule has 3 rings (SSSR count). The number of aliphatic hydroxyl groups is 2. The van der Waals surface area contributed by atoms with E-state index in [-0.39, 0.29) is 35.2 Å². The molecule has 2 atom stereocenters. The number of carbonyl (C=O) groups excluding carboxylic acids is 2. The molecule has 7 nitrogen and oxygen atoms in total. The normalized spacial score (nSPS) is 23.1. The maximum atomic E-state index is 13.3. The molecule has 0 radical (unpaired) electrons. The summed E-state index contributed by atoms with van der Waals surface area (Å²) in [6.07, 6.45) is 2.81. The quantitative estimate of drug-likeness (QED) is 0.607. The van der Waals surface area contributed by atoms with Gasteiger partial charge in [0, 0.05) is 51.8 Å². The number of rotatable bonds is 6. The highest BCUT2D eigenvalue weighted by atomic mass is 35.5. The van der Waals surface area contributed by atoms with Gasteiger partial charge in [-0.1, -0.05) is 31.5 Å². The minimum Gasteiger partial charge on any atom is -0.391 e. The highest BCUT2D eigenvalue weighted by Gasteiger charge is 2.35. The Morgan fingerprint density at radius 1 is 1.27 bits per heavy atom. The number of benzene rings is 1. The predicted molar refractivity (Wildman–Crippen MR) is 125 cm³/mol. The Kier molecular flexibility index (Phi) is 8.50. The van der Waals surface area contributed by atoms with Crippen LogP contribution in [0.25, 0.3) is 6.08 Å². The number of likely N-dealkylation sites (tertiary alicyclic amines) is 1. The second-order valence-corrected chi connectivity index (χ2v) is 10.00. The Balaban J connectivity index is 1.50. The van der Waals surface area contributed by atoms with Crippen molar-refractivity contribution in [3.8, 4) is 0 Å². The van der Waals surface area contributed by atoms with Gasteiger partial charge in [0.2, 0.25) is 11.8 Å². The van der Waals surface area contributed by atoms with Gasteiger partial charge in [-0.05, 0) is 42.2 Å². The van der Waals surface area contributed by atoms with Crippen LogP contribution in [-0.2, 0) is 9.59 Å². The van der Waals surface area contributed by atoms with E-state index in [9.17, 15) is 24.2 Å². The standard InChI is InChI=1S/C24H33ClFN3O4/c1-24(2)8-10-27(16-21(24)31)14-18(30)15-29-12-11-28(9-7-23(29)33)22(32)6-4-17-3-5-20(26)19(25)13-17/h3-6,13,18,21,30-31H,7-12,14-16H2,1-2H3. The highest BCUT2D eigenvalue weighted by molar-refractivity contribution is 6.30. The molecule has 2 amide bonds. The molecule has 2 aliphatic rings. The lowest BCUT2D eigenvalue weighted by Gasteiger charge is -2.42. The summed E-state index contributed by atoms with van der Waals surface area (Å²) >= 11 is 5.77. The Labute approximate surface area is 199 Å². The second kappa shape index (κ2) is 11.0. The highest BCUT2D eigenvalue weighted by Crippen LogP contribution is 2.30. The first-order valence-corrected chi connectivity index (χ1v) is 11.7. The van der Waals surface area contributed by atoms with Crippen molar-refractivity contribution >= 4 is 29.5 Å². The number of piperidine rings is 1. The van der Waals surface area contributed by atoms with Crippen molar-refractivity contribution in [1.82, 2.24) is 14.7 Å². The van der Waals surface area contributed by atoms with Gasteiger partial charge in [0.15, 0.2) is 0 Å². The van der Waals surface area contributed by atoms with Crippen molar-refractivity contribution in [3.05, 3.63) is 40.7 Å². The molecule has 0 aromatic heterocycles. The van der Waals surface area contributed by atoms with E-state index in [1.165, 1.54) is 24.3 Å². The molecule has 33 heavy (non-hydrogen) atoms. The smallest absolute Gasteiger partial charge is 0.246 e. The summed E-state index contributed by atoms with van der Waals surface area (Å²) in [6.45, 7) is 6.97. The molecule has 1 aromatic rings. The van der Waals surface area contributed by atoms with Crippen molar-refractivity contribution in [2.24, 2.45) is 5.41 Å².